The summed E-state index contributed by atoms with van der Waals surface area (Å²) in [6, 6.07) is 0. The first-order chi connectivity index (χ1) is 1.73. The quantitative estimate of drug-likeness (QED) is 0.354. The standard InChI is InChI=1S/ClH.HNO3.O/c;2-1(3)4;/h1H;(H,2,3,4);/q;;-2. The van der Waals surface area contributed by atoms with Crippen LogP contribution >= 0.6 is 12.4 Å². The summed E-state index contributed by atoms with van der Waals surface area (Å²) in [6.07, 6.45) is 0. The van der Waals surface area contributed by atoms with Crippen LogP contribution in [0, 0.1) is 10.1 Å². The second kappa shape index (κ2) is 8.82. The number of hydrogen-bond acceptors (Lipinski definition) is 2. The maximum Gasteiger partial charge on any atom is 0.291 e. The monoisotopic (exact) mass is 115 g/mol. The molecule has 40 valence electrons. The van der Waals surface area contributed by atoms with Crippen LogP contribution in [0.1, 0.15) is 0 Å². The molecule has 0 amide bonds. The summed E-state index contributed by atoms with van der Waals surface area (Å²) in [5, 5.41) is 13.6. The maximum absolute atomic E-state index is 8.36. The Balaban J connectivity index is -0.0000000450. The second-order valence-corrected chi connectivity index (χ2v) is 0.238. The maximum atomic E-state index is 8.36. The molecule has 0 fully saturated rings. The smallest absolute Gasteiger partial charge is 0.291 e. The van der Waals surface area contributed by atoms with Crippen LogP contribution in [0.25, 0.3) is 0 Å². The van der Waals surface area contributed by atoms with Crippen LogP contribution < -0.4 is 0 Å². The van der Waals surface area contributed by atoms with E-state index in [0.717, 1.165) is 0 Å². The largest absolute Gasteiger partial charge is 2.00 e. The summed E-state index contributed by atoms with van der Waals surface area (Å²) in [4.78, 5) is 8.36. The number of nitrogens with zero attached hydrogens (tertiary/aromatic N) is 1. The molecule has 0 saturated heterocycles. The van der Waals surface area contributed by atoms with E-state index in [2.05, 4.69) is 0 Å². The van der Waals surface area contributed by atoms with Crippen molar-refractivity contribution in [3.63, 3.8) is 0 Å². The number of halogens is 1. The van der Waals surface area contributed by atoms with Gasteiger partial charge in [-0.05, 0) is 0 Å². The molecule has 0 unspecified atom stereocenters. The van der Waals surface area contributed by atoms with Gasteiger partial charge in [-0.2, -0.15) is 0 Å². The van der Waals surface area contributed by atoms with Crippen LogP contribution in [0.3, 0.4) is 0 Å². The third-order valence-electron chi connectivity index (χ3n) is 0. The molecule has 0 bridgehead atoms. The normalized spacial score (nSPS) is 4.00. The molecule has 0 aromatic heterocycles. The molecule has 0 aliphatic rings. The Morgan fingerprint density at radius 1 is 1.67 bits per heavy atom. The van der Waals surface area contributed by atoms with E-state index < -0.39 is 5.09 Å². The highest BCUT2D eigenvalue weighted by molar-refractivity contribution is 5.85. The lowest BCUT2D eigenvalue weighted by Gasteiger charge is -2.00. The lowest BCUT2D eigenvalue weighted by molar-refractivity contribution is -0.742. The molecule has 0 aromatic carbocycles. The van der Waals surface area contributed by atoms with Gasteiger partial charge in [0.05, 0.1) is 0 Å². The molecular formula is H2ClNO4-2. The van der Waals surface area contributed by atoms with Crippen molar-refractivity contribution in [1.82, 2.24) is 0 Å². The molecular weight excluding hydrogens is 113 g/mol. The van der Waals surface area contributed by atoms with Gasteiger partial charge in [-0.1, -0.05) is 0 Å². The lowest BCUT2D eigenvalue weighted by atomic mass is 13.1. The van der Waals surface area contributed by atoms with Crippen LogP contribution in [-0.4, -0.2) is 10.3 Å². The zero-order chi connectivity index (χ0) is 3.58. The highest BCUT2D eigenvalue weighted by atomic mass is 35.5. The fourth-order valence-electron chi connectivity index (χ4n) is 0. The van der Waals surface area contributed by atoms with Gasteiger partial charge >= 0.3 is 0 Å². The van der Waals surface area contributed by atoms with Crippen molar-refractivity contribution in [2.45, 2.75) is 0 Å². The third-order valence-corrected chi connectivity index (χ3v) is 0. The molecule has 5 nitrogen and oxygen atoms in total. The average Bonchev–Trinajstić information content (AvgIpc) is 0.811. The van der Waals surface area contributed by atoms with Crippen LogP contribution in [0.15, 0.2) is 0 Å². The van der Waals surface area contributed by atoms with E-state index in [9.17, 15) is 0 Å². The van der Waals surface area contributed by atoms with E-state index in [4.69, 9.17) is 15.3 Å². The molecule has 0 atom stereocenters. The highest BCUT2D eigenvalue weighted by Crippen LogP contribution is 1.38. The van der Waals surface area contributed by atoms with Gasteiger partial charge in [0.25, 0.3) is 5.09 Å². The van der Waals surface area contributed by atoms with Crippen molar-refractivity contribution in [3.05, 3.63) is 10.1 Å². The van der Waals surface area contributed by atoms with Gasteiger partial charge in [0.15, 0.2) is 0 Å². The molecule has 0 aliphatic heterocycles. The first-order valence-corrected chi connectivity index (χ1v) is 0.565. The number of hydrogen-bond donors (Lipinski definition) is 1. The highest BCUT2D eigenvalue weighted by Gasteiger charge is 1.65. The van der Waals surface area contributed by atoms with Gasteiger partial charge in [0.1, 0.15) is 0 Å². The molecule has 0 aliphatic carbocycles. The predicted octanol–water partition coefficient (Wildman–Crippen LogP) is -0.0447. The minimum atomic E-state index is -1.50. The van der Waals surface area contributed by atoms with Gasteiger partial charge in [0.2, 0.25) is 0 Å². The minimum Gasteiger partial charge on any atom is -2.00 e. The van der Waals surface area contributed by atoms with Crippen molar-refractivity contribution in [2.24, 2.45) is 0 Å². The first kappa shape index (κ1) is 18.0. The molecule has 6 heavy (non-hydrogen) atoms. The summed E-state index contributed by atoms with van der Waals surface area (Å²) in [7, 11) is 0. The lowest BCUT2D eigenvalue weighted by Crippen LogP contribution is -1.81. The van der Waals surface area contributed by atoms with Gasteiger partial charge in [-0.15, -0.1) is 22.5 Å². The predicted molar refractivity (Wildman–Crippen MR) is 16.7 cm³/mol. The van der Waals surface area contributed by atoms with Crippen molar-refractivity contribution in [1.29, 1.82) is 0 Å². The van der Waals surface area contributed by atoms with Gasteiger partial charge in [0, 0.05) is 0 Å². The molecule has 0 saturated carbocycles. The van der Waals surface area contributed by atoms with Gasteiger partial charge in [-0.25, -0.2) is 0 Å². The van der Waals surface area contributed by atoms with E-state index in [0.29, 0.717) is 0 Å². The van der Waals surface area contributed by atoms with Gasteiger partial charge < -0.3 is 10.7 Å². The SMILES string of the molecule is Cl.O=[N+]([O-])O.[O-2]. The summed E-state index contributed by atoms with van der Waals surface area (Å²) in [5.41, 5.74) is 0. The van der Waals surface area contributed by atoms with Crippen molar-refractivity contribution < 1.29 is 15.8 Å². The Hall–Kier alpha value is -0.550. The topological polar surface area (TPSA) is 91.9 Å². The van der Waals surface area contributed by atoms with E-state index in [1.807, 2.05) is 0 Å². The van der Waals surface area contributed by atoms with Crippen LogP contribution in [0.2, 0.25) is 0 Å². The van der Waals surface area contributed by atoms with E-state index >= 15 is 0 Å². The Morgan fingerprint density at radius 2 is 1.67 bits per heavy atom. The van der Waals surface area contributed by atoms with Crippen LogP contribution in [-0.2, 0) is 5.48 Å². The molecule has 0 heterocycles. The average molecular weight is 115 g/mol. The van der Waals surface area contributed by atoms with E-state index in [1.165, 1.54) is 0 Å². The second-order valence-electron chi connectivity index (χ2n) is 0.238. The Morgan fingerprint density at radius 3 is 1.67 bits per heavy atom. The Bertz CT molecular complexity index is 30.5. The third kappa shape index (κ3) is 68.5. The van der Waals surface area contributed by atoms with E-state index in [-0.39, 0.29) is 17.9 Å². The summed E-state index contributed by atoms with van der Waals surface area (Å²) >= 11 is 0. The zero-order valence-electron chi connectivity index (χ0n) is 2.53. The summed E-state index contributed by atoms with van der Waals surface area (Å²) in [5.74, 6) is 0. The van der Waals surface area contributed by atoms with Crippen LogP contribution in [0.4, 0.5) is 0 Å². The molecule has 0 spiro atoms. The van der Waals surface area contributed by atoms with Gasteiger partial charge in [-0.3, -0.25) is 0 Å². The van der Waals surface area contributed by atoms with Crippen molar-refractivity contribution >= 4 is 12.4 Å². The first-order valence-electron chi connectivity index (χ1n) is 0.565. The number of rotatable bonds is 0. The molecule has 6 heteroatoms. The van der Waals surface area contributed by atoms with Crippen molar-refractivity contribution in [3.8, 4) is 0 Å². The molecule has 1 N–H and O–H groups in total. The van der Waals surface area contributed by atoms with E-state index in [1.54, 1.807) is 0 Å². The van der Waals surface area contributed by atoms with Crippen LogP contribution in [0.5, 0.6) is 0 Å². The molecule has 0 aromatic rings. The zero-order valence-corrected chi connectivity index (χ0v) is 3.34. The summed E-state index contributed by atoms with van der Waals surface area (Å²) in [6.45, 7) is 0. The summed E-state index contributed by atoms with van der Waals surface area (Å²) < 4.78 is 0. The fourth-order valence-corrected chi connectivity index (χ4v) is 0. The Kier molecular flexibility index (Phi) is 26.4. The fraction of sp³-hybridized carbons (Fsp3) is 0. The molecule has 0 radical (unpaired) electrons. The minimum absolute atomic E-state index is 0. The Labute approximate surface area is 39.4 Å². The molecule has 0 rings (SSSR count). The van der Waals surface area contributed by atoms with Crippen molar-refractivity contribution in [2.75, 3.05) is 0 Å².